The number of halogens is 5. The monoisotopic (exact) mass is 655 g/mol. The highest BCUT2D eigenvalue weighted by atomic mass is 35.5. The van der Waals surface area contributed by atoms with Crippen LogP contribution in [0.4, 0.5) is 23.2 Å². The van der Waals surface area contributed by atoms with E-state index in [-0.39, 0.29) is 22.4 Å². The number of alkyl halides is 3. The fourth-order valence-electron chi connectivity index (χ4n) is 5.34. The summed E-state index contributed by atoms with van der Waals surface area (Å²) in [5.74, 6) is -0.992. The Morgan fingerprint density at radius 2 is 2.05 bits per heavy atom. The van der Waals surface area contributed by atoms with Gasteiger partial charge in [-0.2, -0.15) is 23.3 Å². The van der Waals surface area contributed by atoms with Gasteiger partial charge in [-0.15, -0.1) is 11.3 Å². The van der Waals surface area contributed by atoms with Crippen molar-refractivity contribution >= 4 is 50.5 Å². The molecular formula is C28H28ClF4N6O4S+. The molecule has 0 radical (unpaired) electrons. The Hall–Kier alpha value is -3.31. The molecule has 2 aromatic heterocycles. The van der Waals surface area contributed by atoms with Crippen LogP contribution in [-0.2, 0) is 15.7 Å². The highest BCUT2D eigenvalue weighted by Crippen LogP contribution is 2.38. The predicted octanol–water partition coefficient (Wildman–Crippen LogP) is 4.33. The number of rotatable bonds is 6. The smallest absolute Gasteiger partial charge is 0.391 e. The number of thiazole rings is 1. The van der Waals surface area contributed by atoms with E-state index in [1.165, 1.54) is 55.3 Å². The zero-order chi connectivity index (χ0) is 31.9. The maximum absolute atomic E-state index is 14.4. The molecule has 0 saturated carbocycles. The Morgan fingerprint density at radius 1 is 1.30 bits per heavy atom. The summed E-state index contributed by atoms with van der Waals surface area (Å²) < 4.78 is 69.9. The van der Waals surface area contributed by atoms with Crippen LogP contribution in [0.5, 0.6) is 0 Å². The summed E-state index contributed by atoms with van der Waals surface area (Å²) in [6.07, 6.45) is -7.99. The summed E-state index contributed by atoms with van der Waals surface area (Å²) in [4.78, 5) is 8.29. The number of hydrogen-bond donors (Lipinski definition) is 4. The quantitative estimate of drug-likeness (QED) is 0.105. The zero-order valence-electron chi connectivity index (χ0n) is 23.5. The van der Waals surface area contributed by atoms with Gasteiger partial charge in [0.25, 0.3) is 0 Å². The van der Waals surface area contributed by atoms with E-state index >= 15 is 0 Å². The van der Waals surface area contributed by atoms with E-state index < -0.39 is 54.1 Å². The van der Waals surface area contributed by atoms with Crippen molar-refractivity contribution in [1.29, 1.82) is 5.41 Å². The van der Waals surface area contributed by atoms with Crippen molar-refractivity contribution in [3.05, 3.63) is 64.6 Å². The first kappa shape index (κ1) is 32.1. The van der Waals surface area contributed by atoms with Crippen LogP contribution in [0.2, 0.25) is 5.02 Å². The Labute approximate surface area is 257 Å². The van der Waals surface area contributed by atoms with Gasteiger partial charge in [0.05, 0.1) is 28.0 Å². The lowest BCUT2D eigenvalue weighted by Crippen LogP contribution is -2.87. The molecule has 5 N–H and O–H groups in total. The number of quaternary nitrogens is 1. The first-order valence-electron chi connectivity index (χ1n) is 13.3. The van der Waals surface area contributed by atoms with Gasteiger partial charge in [0.15, 0.2) is 6.10 Å². The van der Waals surface area contributed by atoms with Crippen LogP contribution in [0.25, 0.3) is 21.3 Å². The number of methoxy groups -OCH3 is 1. The van der Waals surface area contributed by atoms with Gasteiger partial charge >= 0.3 is 6.18 Å². The van der Waals surface area contributed by atoms with Gasteiger partial charge in [0.1, 0.15) is 47.3 Å². The summed E-state index contributed by atoms with van der Waals surface area (Å²) in [5.41, 5.74) is 1.70. The van der Waals surface area contributed by atoms with Crippen LogP contribution in [-0.4, -0.2) is 74.3 Å². The number of fused-ring (bicyclic) bond motifs is 1. The van der Waals surface area contributed by atoms with Gasteiger partial charge in [-0.1, -0.05) is 11.6 Å². The lowest BCUT2D eigenvalue weighted by atomic mass is 9.89. The van der Waals surface area contributed by atoms with Crippen molar-refractivity contribution < 1.29 is 42.6 Å². The lowest BCUT2D eigenvalue weighted by Gasteiger charge is -2.44. The fraction of sp³-hybridized carbons (Fsp3) is 0.357. The molecule has 234 valence electrons. The number of aliphatic hydroxyl groups excluding tert-OH is 2. The molecule has 1 saturated heterocycles. The highest BCUT2D eigenvalue weighted by molar-refractivity contribution is 7.17. The number of benzene rings is 2. The molecule has 10 nitrogen and oxygen atoms in total. The third kappa shape index (κ3) is 6.40. The number of hydrogen-bond acceptors (Lipinski definition) is 8. The largest absolute Gasteiger partial charge is 0.422 e. The van der Waals surface area contributed by atoms with Gasteiger partial charge in [-0.3, -0.25) is 15.4 Å². The van der Waals surface area contributed by atoms with Crippen LogP contribution in [0.15, 0.2) is 53.2 Å². The molecule has 6 atom stereocenters. The summed E-state index contributed by atoms with van der Waals surface area (Å²) in [5, 5.41) is 35.9. The minimum absolute atomic E-state index is 0.0240. The van der Waals surface area contributed by atoms with Gasteiger partial charge in [-0.25, -0.2) is 9.37 Å². The highest BCUT2D eigenvalue weighted by Gasteiger charge is 2.52. The first-order chi connectivity index (χ1) is 20.8. The molecule has 1 aliphatic heterocycles. The molecule has 5 rings (SSSR count). The number of amidine groups is 2. The number of aliphatic imine (C=N–C) groups is 1. The lowest BCUT2D eigenvalue weighted by molar-refractivity contribution is -0.457. The average molecular weight is 656 g/mol. The van der Waals surface area contributed by atoms with Crippen LogP contribution in [0, 0.1) is 11.2 Å². The van der Waals surface area contributed by atoms with Crippen LogP contribution >= 0.6 is 22.9 Å². The molecule has 0 aliphatic carbocycles. The zero-order valence-corrected chi connectivity index (χ0v) is 25.0. The van der Waals surface area contributed by atoms with Crippen molar-refractivity contribution in [2.45, 2.75) is 56.6 Å². The molecule has 0 bridgehead atoms. The van der Waals surface area contributed by atoms with E-state index in [0.717, 1.165) is 23.5 Å². The molecule has 44 heavy (non-hydrogen) atoms. The molecule has 0 amide bonds. The second kappa shape index (κ2) is 12.6. The minimum atomic E-state index is -4.75. The van der Waals surface area contributed by atoms with E-state index in [2.05, 4.69) is 15.1 Å². The Balaban J connectivity index is 1.59. The molecule has 4 aromatic rings. The van der Waals surface area contributed by atoms with Crippen molar-refractivity contribution in [2.24, 2.45) is 4.99 Å². The standard InChI is InChI=1S/C28H27ClF4N6O4S/c1-12(40)23-24(42-3)21(39-10-14(9-36-39)17-7-16(30)8-20-26(17)44-11-35-20)22(41)25(43-23)27(37-13(2)34)38-19-6-15(29)4-5-18(19)28(31,32)33/h4-12,21-25,40-41H,1-3H3,(H2,34,37,38)/p+1/t12?,21?,22?,23?,24-,25-/m1/s1. The van der Waals surface area contributed by atoms with E-state index in [1.54, 1.807) is 11.7 Å². The average Bonchev–Trinajstić information content (AvgIpc) is 3.61. The van der Waals surface area contributed by atoms with Gasteiger partial charge in [0, 0.05) is 41.6 Å². The Morgan fingerprint density at radius 3 is 2.70 bits per heavy atom. The second-order valence-electron chi connectivity index (χ2n) is 10.3. The summed E-state index contributed by atoms with van der Waals surface area (Å²) in [6.45, 7) is 2.75. The number of nitrogens with one attached hydrogen (secondary N) is 1. The van der Waals surface area contributed by atoms with E-state index in [0.29, 0.717) is 21.3 Å². The predicted molar refractivity (Wildman–Crippen MR) is 156 cm³/mol. The summed E-state index contributed by atoms with van der Waals surface area (Å²) in [7, 11) is 1.35. The molecule has 1 fully saturated rings. The maximum atomic E-state index is 14.4. The van der Waals surface area contributed by atoms with E-state index in [4.69, 9.17) is 26.5 Å². The molecule has 3 heterocycles. The number of nitrogens with zero attached hydrogens (tertiary/aromatic N) is 4. The topological polar surface area (TPSA) is 142 Å². The molecule has 4 unspecified atom stereocenters. The van der Waals surface area contributed by atoms with E-state index in [1.807, 2.05) is 0 Å². The van der Waals surface area contributed by atoms with Crippen molar-refractivity contribution in [3.8, 4) is 11.1 Å². The SMILES string of the molecule is CO[C@H]1C(C(C)O)O[C@@H](C(=NC(C)=N)[NH2+]c2cc(Cl)ccc2C(F)(F)F)C(O)C1n1cc(-c2cc(F)cc3ncsc23)cn1. The normalized spacial score (nSPS) is 23.7. The molecule has 1 aliphatic rings. The molecule has 0 spiro atoms. The Bertz CT molecular complexity index is 1710. The minimum Gasteiger partial charge on any atom is -0.391 e. The number of aliphatic hydroxyl groups is 2. The van der Waals surface area contributed by atoms with Crippen LogP contribution < -0.4 is 5.32 Å². The van der Waals surface area contributed by atoms with E-state index in [9.17, 15) is 27.8 Å². The summed E-state index contributed by atoms with van der Waals surface area (Å²) in [6, 6.07) is 4.60. The van der Waals surface area contributed by atoms with Crippen LogP contribution in [0.3, 0.4) is 0 Å². The molecule has 2 aromatic carbocycles. The number of ether oxygens (including phenoxy) is 2. The van der Waals surface area contributed by atoms with Crippen molar-refractivity contribution in [2.75, 3.05) is 7.11 Å². The van der Waals surface area contributed by atoms with Gasteiger partial charge < -0.3 is 19.7 Å². The van der Waals surface area contributed by atoms with Crippen LogP contribution in [0.1, 0.15) is 25.5 Å². The maximum Gasteiger partial charge on any atom is 0.422 e. The second-order valence-corrected chi connectivity index (χ2v) is 11.6. The molecular weight excluding hydrogens is 628 g/mol. The first-order valence-corrected chi connectivity index (χ1v) is 14.5. The van der Waals surface area contributed by atoms with Gasteiger partial charge in [0.2, 0.25) is 5.84 Å². The van der Waals surface area contributed by atoms with Crippen molar-refractivity contribution in [1.82, 2.24) is 14.8 Å². The number of aromatic nitrogens is 3. The number of nitrogens with two attached hydrogens (primary N) is 1. The molecule has 16 heteroatoms. The summed E-state index contributed by atoms with van der Waals surface area (Å²) >= 11 is 7.35. The third-order valence-electron chi connectivity index (χ3n) is 7.20. The third-order valence-corrected chi connectivity index (χ3v) is 8.31. The fourth-order valence-corrected chi connectivity index (χ4v) is 6.33. The Kier molecular flexibility index (Phi) is 9.18. The van der Waals surface area contributed by atoms with Gasteiger partial charge in [-0.05, 0) is 32.0 Å². The van der Waals surface area contributed by atoms with Crippen molar-refractivity contribution in [3.63, 3.8) is 0 Å².